The molecular formula is C12H20N2O3. The van der Waals surface area contributed by atoms with Gasteiger partial charge >= 0.3 is 12.0 Å². The molecule has 2 rings (SSSR count). The van der Waals surface area contributed by atoms with Crippen molar-refractivity contribution in [3.8, 4) is 0 Å². The van der Waals surface area contributed by atoms with Crippen LogP contribution in [0.3, 0.4) is 0 Å². The van der Waals surface area contributed by atoms with Crippen molar-refractivity contribution in [2.75, 3.05) is 0 Å². The molecule has 2 atom stereocenters. The van der Waals surface area contributed by atoms with Crippen molar-refractivity contribution in [1.82, 2.24) is 10.6 Å². The summed E-state index contributed by atoms with van der Waals surface area (Å²) >= 11 is 0. The van der Waals surface area contributed by atoms with E-state index in [1.54, 1.807) is 0 Å². The summed E-state index contributed by atoms with van der Waals surface area (Å²) < 4.78 is 0. The Morgan fingerprint density at radius 2 is 1.88 bits per heavy atom. The molecular weight excluding hydrogens is 220 g/mol. The highest BCUT2D eigenvalue weighted by Crippen LogP contribution is 2.27. The van der Waals surface area contributed by atoms with Crippen LogP contribution in [0, 0.1) is 11.8 Å². The van der Waals surface area contributed by atoms with Gasteiger partial charge in [0.05, 0.1) is 5.92 Å². The molecule has 0 aromatic heterocycles. The SMILES string of the molecule is CC1CC(NC(=O)NC2CCCC2C(=O)O)C1. The first-order chi connectivity index (χ1) is 8.06. The van der Waals surface area contributed by atoms with Crippen LogP contribution in [-0.2, 0) is 4.79 Å². The molecule has 2 aliphatic rings. The minimum atomic E-state index is -0.801. The number of carbonyl (C=O) groups is 2. The fourth-order valence-corrected chi connectivity index (χ4v) is 2.84. The van der Waals surface area contributed by atoms with Crippen molar-refractivity contribution in [2.24, 2.45) is 11.8 Å². The number of hydrogen-bond acceptors (Lipinski definition) is 2. The lowest BCUT2D eigenvalue weighted by molar-refractivity contribution is -0.142. The van der Waals surface area contributed by atoms with E-state index in [1.807, 2.05) is 0 Å². The van der Waals surface area contributed by atoms with Crippen LogP contribution in [-0.4, -0.2) is 29.2 Å². The summed E-state index contributed by atoms with van der Waals surface area (Å²) in [5, 5.41) is 14.7. The third-order valence-electron chi connectivity index (χ3n) is 3.86. The maximum Gasteiger partial charge on any atom is 0.315 e. The maximum absolute atomic E-state index is 11.7. The van der Waals surface area contributed by atoms with Gasteiger partial charge in [-0.05, 0) is 31.6 Å². The molecule has 0 aromatic carbocycles. The lowest BCUT2D eigenvalue weighted by Crippen LogP contribution is -2.51. The van der Waals surface area contributed by atoms with Crippen molar-refractivity contribution in [3.05, 3.63) is 0 Å². The van der Waals surface area contributed by atoms with Crippen LogP contribution in [0.5, 0.6) is 0 Å². The second-order valence-corrected chi connectivity index (χ2v) is 5.37. The molecule has 2 unspecified atom stereocenters. The van der Waals surface area contributed by atoms with Gasteiger partial charge in [-0.25, -0.2) is 4.79 Å². The molecule has 3 N–H and O–H groups in total. The number of aliphatic carboxylic acids is 1. The molecule has 2 fully saturated rings. The largest absolute Gasteiger partial charge is 0.481 e. The van der Waals surface area contributed by atoms with Gasteiger partial charge in [0, 0.05) is 12.1 Å². The zero-order chi connectivity index (χ0) is 12.4. The monoisotopic (exact) mass is 240 g/mol. The summed E-state index contributed by atoms with van der Waals surface area (Å²) in [5.41, 5.74) is 0. The molecule has 17 heavy (non-hydrogen) atoms. The minimum Gasteiger partial charge on any atom is -0.481 e. The van der Waals surface area contributed by atoms with E-state index in [1.165, 1.54) is 0 Å². The van der Waals surface area contributed by atoms with Gasteiger partial charge in [0.25, 0.3) is 0 Å². The molecule has 0 bridgehead atoms. The Hall–Kier alpha value is -1.26. The van der Waals surface area contributed by atoms with Gasteiger partial charge in [0.15, 0.2) is 0 Å². The van der Waals surface area contributed by atoms with Crippen LogP contribution in [0.15, 0.2) is 0 Å². The molecule has 2 saturated carbocycles. The highest BCUT2D eigenvalue weighted by atomic mass is 16.4. The normalized spacial score (nSPS) is 36.1. The van der Waals surface area contributed by atoms with E-state index in [0.717, 1.165) is 25.7 Å². The van der Waals surface area contributed by atoms with Gasteiger partial charge in [-0.3, -0.25) is 4.79 Å². The van der Waals surface area contributed by atoms with E-state index in [0.29, 0.717) is 12.3 Å². The molecule has 0 saturated heterocycles. The van der Waals surface area contributed by atoms with E-state index < -0.39 is 11.9 Å². The highest BCUT2D eigenvalue weighted by molar-refractivity contribution is 5.77. The second-order valence-electron chi connectivity index (χ2n) is 5.37. The average molecular weight is 240 g/mol. The Morgan fingerprint density at radius 3 is 2.47 bits per heavy atom. The van der Waals surface area contributed by atoms with E-state index in [9.17, 15) is 9.59 Å². The lowest BCUT2D eigenvalue weighted by atomic mass is 9.82. The molecule has 2 aliphatic carbocycles. The Kier molecular flexibility index (Phi) is 3.54. The van der Waals surface area contributed by atoms with Gasteiger partial charge in [-0.2, -0.15) is 0 Å². The van der Waals surface area contributed by atoms with Crippen molar-refractivity contribution in [3.63, 3.8) is 0 Å². The van der Waals surface area contributed by atoms with Gasteiger partial charge in [-0.1, -0.05) is 13.3 Å². The van der Waals surface area contributed by atoms with Crippen molar-refractivity contribution in [2.45, 2.75) is 51.1 Å². The van der Waals surface area contributed by atoms with Crippen LogP contribution >= 0.6 is 0 Å². The lowest BCUT2D eigenvalue weighted by Gasteiger charge is -2.33. The summed E-state index contributed by atoms with van der Waals surface area (Å²) in [7, 11) is 0. The zero-order valence-electron chi connectivity index (χ0n) is 10.1. The molecule has 5 nitrogen and oxygen atoms in total. The summed E-state index contributed by atoms with van der Waals surface area (Å²) in [5.74, 6) is -0.523. The number of urea groups is 1. The number of amides is 2. The van der Waals surface area contributed by atoms with E-state index in [2.05, 4.69) is 17.6 Å². The zero-order valence-corrected chi connectivity index (χ0v) is 10.1. The second kappa shape index (κ2) is 4.94. The highest BCUT2D eigenvalue weighted by Gasteiger charge is 2.34. The molecule has 0 radical (unpaired) electrons. The maximum atomic E-state index is 11.7. The van der Waals surface area contributed by atoms with Crippen LogP contribution in [0.2, 0.25) is 0 Å². The molecule has 96 valence electrons. The molecule has 5 heteroatoms. The standard InChI is InChI=1S/C12H20N2O3/c1-7-5-8(6-7)13-12(17)14-10-4-2-3-9(10)11(15)16/h7-10H,2-6H2,1H3,(H,15,16)(H2,13,14,17). The Bertz CT molecular complexity index is 313. The number of carboxylic acid groups (broad SMARTS) is 1. The molecule has 0 aromatic rings. The predicted molar refractivity (Wildman–Crippen MR) is 62.6 cm³/mol. The van der Waals surface area contributed by atoms with Crippen LogP contribution in [0.4, 0.5) is 4.79 Å². The van der Waals surface area contributed by atoms with E-state index in [4.69, 9.17) is 5.11 Å². The van der Waals surface area contributed by atoms with Gasteiger partial charge in [-0.15, -0.1) is 0 Å². The summed E-state index contributed by atoms with van der Waals surface area (Å²) in [4.78, 5) is 22.6. The first kappa shape index (κ1) is 12.2. The third-order valence-corrected chi connectivity index (χ3v) is 3.86. The Labute approximate surface area is 101 Å². The molecule has 2 amide bonds. The summed E-state index contributed by atoms with van der Waals surface area (Å²) in [6.07, 6.45) is 4.37. The molecule has 0 spiro atoms. The average Bonchev–Trinajstić information content (AvgIpc) is 2.63. The van der Waals surface area contributed by atoms with E-state index >= 15 is 0 Å². The van der Waals surface area contributed by atoms with Crippen molar-refractivity contribution >= 4 is 12.0 Å². The minimum absolute atomic E-state index is 0.204. The van der Waals surface area contributed by atoms with Crippen molar-refractivity contribution < 1.29 is 14.7 Å². The third kappa shape index (κ3) is 2.90. The Morgan fingerprint density at radius 1 is 1.18 bits per heavy atom. The topological polar surface area (TPSA) is 78.4 Å². The van der Waals surface area contributed by atoms with Crippen molar-refractivity contribution in [1.29, 1.82) is 0 Å². The number of carboxylic acids is 1. The van der Waals surface area contributed by atoms with Crippen LogP contribution < -0.4 is 10.6 Å². The van der Waals surface area contributed by atoms with Gasteiger partial charge in [0.2, 0.25) is 0 Å². The van der Waals surface area contributed by atoms with Crippen LogP contribution in [0.1, 0.15) is 39.0 Å². The fourth-order valence-electron chi connectivity index (χ4n) is 2.84. The summed E-state index contributed by atoms with van der Waals surface area (Å²) in [6, 6.07) is -0.139. The summed E-state index contributed by atoms with van der Waals surface area (Å²) in [6.45, 7) is 2.16. The Balaban J connectivity index is 1.76. The number of nitrogens with one attached hydrogen (secondary N) is 2. The number of rotatable bonds is 3. The predicted octanol–water partition coefficient (Wildman–Crippen LogP) is 1.34. The number of carbonyl (C=O) groups excluding carboxylic acids is 1. The molecule has 0 aliphatic heterocycles. The smallest absolute Gasteiger partial charge is 0.315 e. The first-order valence-corrected chi connectivity index (χ1v) is 6.36. The fraction of sp³-hybridized carbons (Fsp3) is 0.833. The van der Waals surface area contributed by atoms with E-state index in [-0.39, 0.29) is 18.1 Å². The van der Waals surface area contributed by atoms with Gasteiger partial charge < -0.3 is 15.7 Å². The first-order valence-electron chi connectivity index (χ1n) is 6.36. The number of hydrogen-bond donors (Lipinski definition) is 3. The van der Waals surface area contributed by atoms with Crippen LogP contribution in [0.25, 0.3) is 0 Å². The molecule has 0 heterocycles. The van der Waals surface area contributed by atoms with Gasteiger partial charge in [0.1, 0.15) is 0 Å². The quantitative estimate of drug-likeness (QED) is 0.696.